The van der Waals surface area contributed by atoms with Crippen LogP contribution in [0, 0.1) is 0 Å². The number of rotatable bonds is 7. The maximum atomic E-state index is 13.3. The number of nitrogens with zero attached hydrogens (tertiary/aromatic N) is 2. The molecular weight excluding hydrogens is 412 g/mol. The van der Waals surface area contributed by atoms with E-state index >= 15 is 0 Å². The second-order valence-electron chi connectivity index (χ2n) is 9.80. The van der Waals surface area contributed by atoms with E-state index in [1.165, 1.54) is 11.1 Å². The number of fused-ring (bicyclic) bond motifs is 2. The van der Waals surface area contributed by atoms with E-state index in [9.17, 15) is 4.79 Å². The summed E-state index contributed by atoms with van der Waals surface area (Å²) in [5, 5.41) is 0. The molecule has 0 N–H and O–H groups in total. The van der Waals surface area contributed by atoms with Gasteiger partial charge in [0.25, 0.3) is 5.91 Å². The summed E-state index contributed by atoms with van der Waals surface area (Å²) >= 11 is 0. The zero-order valence-electron chi connectivity index (χ0n) is 19.6. The third-order valence-electron chi connectivity index (χ3n) is 7.69. The van der Waals surface area contributed by atoms with Gasteiger partial charge in [-0.05, 0) is 68.8 Å². The van der Waals surface area contributed by atoms with Crippen LogP contribution in [0.25, 0.3) is 0 Å². The quantitative estimate of drug-likeness (QED) is 0.635. The van der Waals surface area contributed by atoms with E-state index in [1.807, 2.05) is 17.0 Å². The standard InChI is InChI=1S/C28H36N2O3/c31-27-24-10-4-5-11-25(24)28(22-30(27)19-21-33-26-12-6-7-20-32-26)14-17-29(18-15-28)16-13-23-8-2-1-3-9-23/h1-5,8-11,26H,6-7,12-22H2. The largest absolute Gasteiger partial charge is 0.353 e. The molecule has 2 fully saturated rings. The molecule has 5 rings (SSSR count). The molecule has 2 aromatic rings. The minimum atomic E-state index is -0.104. The Balaban J connectivity index is 1.22. The molecule has 0 bridgehead atoms. The number of ether oxygens (including phenoxy) is 2. The fourth-order valence-electron chi connectivity index (χ4n) is 5.71. The van der Waals surface area contributed by atoms with Crippen molar-refractivity contribution < 1.29 is 14.3 Å². The Labute approximate surface area is 197 Å². The van der Waals surface area contributed by atoms with Crippen LogP contribution in [0.4, 0.5) is 0 Å². The van der Waals surface area contributed by atoms with Gasteiger partial charge in [0.05, 0.1) is 6.61 Å². The van der Waals surface area contributed by atoms with Gasteiger partial charge in [0.1, 0.15) is 0 Å². The summed E-state index contributed by atoms with van der Waals surface area (Å²) < 4.78 is 11.7. The van der Waals surface area contributed by atoms with Crippen molar-refractivity contribution in [3.05, 3.63) is 71.3 Å². The first-order valence-corrected chi connectivity index (χ1v) is 12.6. The molecule has 5 heteroatoms. The highest BCUT2D eigenvalue weighted by atomic mass is 16.7. The van der Waals surface area contributed by atoms with Crippen LogP contribution in [0.5, 0.6) is 0 Å². The highest BCUT2D eigenvalue weighted by molar-refractivity contribution is 5.97. The average molecular weight is 449 g/mol. The number of carbonyl (C=O) groups is 1. The number of hydrogen-bond donors (Lipinski definition) is 0. The number of likely N-dealkylation sites (tertiary alicyclic amines) is 1. The van der Waals surface area contributed by atoms with Gasteiger partial charge in [0.15, 0.2) is 6.29 Å². The summed E-state index contributed by atoms with van der Waals surface area (Å²) in [6.07, 6.45) is 6.41. The minimum absolute atomic E-state index is 0.0507. The van der Waals surface area contributed by atoms with Crippen molar-refractivity contribution in [3.8, 4) is 0 Å². The molecule has 5 nitrogen and oxygen atoms in total. The lowest BCUT2D eigenvalue weighted by molar-refractivity contribution is -0.163. The van der Waals surface area contributed by atoms with E-state index in [1.54, 1.807) is 0 Å². The van der Waals surface area contributed by atoms with Gasteiger partial charge in [0.2, 0.25) is 0 Å². The van der Waals surface area contributed by atoms with Crippen LogP contribution < -0.4 is 0 Å². The molecule has 1 unspecified atom stereocenters. The van der Waals surface area contributed by atoms with Crippen LogP contribution in [0.2, 0.25) is 0 Å². The van der Waals surface area contributed by atoms with Gasteiger partial charge < -0.3 is 19.3 Å². The number of benzene rings is 2. The van der Waals surface area contributed by atoms with Crippen molar-refractivity contribution in [1.82, 2.24) is 9.80 Å². The van der Waals surface area contributed by atoms with Gasteiger partial charge in [-0.15, -0.1) is 0 Å². The van der Waals surface area contributed by atoms with Crippen LogP contribution in [-0.4, -0.2) is 67.9 Å². The van der Waals surface area contributed by atoms with E-state index in [4.69, 9.17) is 9.47 Å². The summed E-state index contributed by atoms with van der Waals surface area (Å²) in [5.41, 5.74) is 3.59. The molecule has 33 heavy (non-hydrogen) atoms. The SMILES string of the molecule is O=C1c2ccccc2C2(CCN(CCc3ccccc3)CC2)CN1CCOC1CCCCO1. The highest BCUT2D eigenvalue weighted by Gasteiger charge is 2.44. The smallest absolute Gasteiger partial charge is 0.254 e. The van der Waals surface area contributed by atoms with Crippen molar-refractivity contribution in [3.63, 3.8) is 0 Å². The molecule has 3 heterocycles. The predicted octanol–water partition coefficient (Wildman–Crippen LogP) is 4.26. The van der Waals surface area contributed by atoms with E-state index in [0.29, 0.717) is 13.2 Å². The number of hydrogen-bond acceptors (Lipinski definition) is 4. The average Bonchev–Trinajstić information content (AvgIpc) is 2.88. The molecule has 1 amide bonds. The van der Waals surface area contributed by atoms with Crippen LogP contribution in [0.15, 0.2) is 54.6 Å². The van der Waals surface area contributed by atoms with Crippen molar-refractivity contribution in [2.24, 2.45) is 0 Å². The number of carbonyl (C=O) groups excluding carboxylic acids is 1. The summed E-state index contributed by atoms with van der Waals surface area (Å²) in [7, 11) is 0. The molecule has 0 radical (unpaired) electrons. The van der Waals surface area contributed by atoms with Crippen molar-refractivity contribution in [1.29, 1.82) is 0 Å². The highest BCUT2D eigenvalue weighted by Crippen LogP contribution is 2.41. The molecule has 176 valence electrons. The minimum Gasteiger partial charge on any atom is -0.353 e. The van der Waals surface area contributed by atoms with E-state index < -0.39 is 0 Å². The number of piperidine rings is 1. The third kappa shape index (κ3) is 5.16. The lowest BCUT2D eigenvalue weighted by Gasteiger charge is -2.48. The molecule has 1 spiro atoms. The summed E-state index contributed by atoms with van der Waals surface area (Å²) in [4.78, 5) is 17.9. The van der Waals surface area contributed by atoms with Gasteiger partial charge in [0, 0.05) is 37.2 Å². The Hall–Kier alpha value is -2.21. The van der Waals surface area contributed by atoms with E-state index in [0.717, 1.165) is 76.9 Å². The maximum Gasteiger partial charge on any atom is 0.254 e. The van der Waals surface area contributed by atoms with Crippen molar-refractivity contribution >= 4 is 5.91 Å². The normalized spacial score (nSPS) is 23.0. The fraction of sp³-hybridized carbons (Fsp3) is 0.536. The second-order valence-corrected chi connectivity index (χ2v) is 9.80. The molecule has 2 aromatic carbocycles. The van der Waals surface area contributed by atoms with Gasteiger partial charge in [-0.3, -0.25) is 4.79 Å². The molecule has 0 saturated carbocycles. The molecular formula is C28H36N2O3. The first kappa shape index (κ1) is 22.6. The molecule has 1 atom stereocenters. The Kier molecular flexibility index (Phi) is 7.10. The topological polar surface area (TPSA) is 42.0 Å². The van der Waals surface area contributed by atoms with E-state index in [-0.39, 0.29) is 17.6 Å². The van der Waals surface area contributed by atoms with Crippen LogP contribution >= 0.6 is 0 Å². The van der Waals surface area contributed by atoms with Crippen molar-refractivity contribution in [2.45, 2.75) is 50.2 Å². The fourth-order valence-corrected chi connectivity index (χ4v) is 5.71. The molecule has 3 aliphatic rings. The second kappa shape index (κ2) is 10.4. The maximum absolute atomic E-state index is 13.3. The lowest BCUT2D eigenvalue weighted by Crippen LogP contribution is -2.55. The first-order chi connectivity index (χ1) is 16.2. The Morgan fingerprint density at radius 3 is 2.55 bits per heavy atom. The Morgan fingerprint density at radius 2 is 1.76 bits per heavy atom. The van der Waals surface area contributed by atoms with Crippen molar-refractivity contribution in [2.75, 3.05) is 45.9 Å². The predicted molar refractivity (Wildman–Crippen MR) is 129 cm³/mol. The first-order valence-electron chi connectivity index (χ1n) is 12.6. The molecule has 0 aliphatic carbocycles. The number of amides is 1. The van der Waals surface area contributed by atoms with Gasteiger partial charge in [-0.1, -0.05) is 48.5 Å². The summed E-state index contributed by atoms with van der Waals surface area (Å²) in [6.45, 7) is 6.00. The van der Waals surface area contributed by atoms with Crippen LogP contribution in [0.1, 0.15) is 53.6 Å². The Bertz CT molecular complexity index is 918. The van der Waals surface area contributed by atoms with Gasteiger partial charge in [-0.25, -0.2) is 0 Å². The zero-order chi connectivity index (χ0) is 22.5. The lowest BCUT2D eigenvalue weighted by atomic mass is 9.68. The van der Waals surface area contributed by atoms with Gasteiger partial charge >= 0.3 is 0 Å². The summed E-state index contributed by atoms with van der Waals surface area (Å²) in [5.74, 6) is 0.149. The molecule has 2 saturated heterocycles. The Morgan fingerprint density at radius 1 is 0.970 bits per heavy atom. The van der Waals surface area contributed by atoms with Gasteiger partial charge in [-0.2, -0.15) is 0 Å². The zero-order valence-corrected chi connectivity index (χ0v) is 19.6. The van der Waals surface area contributed by atoms with Crippen LogP contribution in [-0.2, 0) is 21.3 Å². The monoisotopic (exact) mass is 448 g/mol. The molecule has 0 aromatic heterocycles. The molecule has 3 aliphatic heterocycles. The summed E-state index contributed by atoms with van der Waals surface area (Å²) in [6, 6.07) is 19.0. The third-order valence-corrected chi connectivity index (χ3v) is 7.69. The van der Waals surface area contributed by atoms with Crippen LogP contribution in [0.3, 0.4) is 0 Å². The van der Waals surface area contributed by atoms with E-state index in [2.05, 4.69) is 47.4 Å².